The van der Waals surface area contributed by atoms with Gasteiger partial charge in [-0.1, -0.05) is 48.5 Å². The number of guanidine groups is 1. The molecule has 5 rings (SSSR count). The first-order valence-electron chi connectivity index (χ1n) is 14.2. The van der Waals surface area contributed by atoms with Crippen LogP contribution in [-0.4, -0.2) is 34.5 Å². The summed E-state index contributed by atoms with van der Waals surface area (Å²) >= 11 is 0. The molecule has 0 saturated heterocycles. The second-order valence-corrected chi connectivity index (χ2v) is 9.69. The van der Waals surface area contributed by atoms with E-state index in [1.807, 2.05) is 0 Å². The summed E-state index contributed by atoms with van der Waals surface area (Å²) in [5.41, 5.74) is 6.09. The molecule has 0 aromatic heterocycles. The van der Waals surface area contributed by atoms with Crippen LogP contribution in [0.15, 0.2) is 102 Å². The lowest BCUT2D eigenvalue weighted by Crippen LogP contribution is -2.43. The summed E-state index contributed by atoms with van der Waals surface area (Å²) in [6.07, 6.45) is 0. The molecule has 41 heavy (non-hydrogen) atoms. The average molecular weight is 560 g/mol. The molecule has 2 N–H and O–H groups in total. The van der Waals surface area contributed by atoms with Crippen molar-refractivity contribution in [1.82, 2.24) is 9.80 Å². The molecule has 1 atom stereocenters. The zero-order valence-electron chi connectivity index (χ0n) is 24.9. The van der Waals surface area contributed by atoms with E-state index in [1.54, 1.807) is 12.1 Å². The predicted octanol–water partition coefficient (Wildman–Crippen LogP) is 5.54. The summed E-state index contributed by atoms with van der Waals surface area (Å²) in [4.78, 5) is 34.2. The number of hydrogen-bond donors (Lipinski definition) is 1. The van der Waals surface area contributed by atoms with Crippen molar-refractivity contribution >= 4 is 17.8 Å². The molecule has 0 spiro atoms. The van der Waals surface area contributed by atoms with E-state index in [0.29, 0.717) is 22.3 Å². The van der Waals surface area contributed by atoms with Gasteiger partial charge in [-0.3, -0.25) is 14.5 Å². The van der Waals surface area contributed by atoms with E-state index in [9.17, 15) is 22.8 Å². The first kappa shape index (κ1) is 23.9. The molecule has 0 fully saturated rings. The highest BCUT2D eigenvalue weighted by atomic mass is 19.1. The van der Waals surface area contributed by atoms with E-state index in [1.165, 1.54) is 96.8 Å². The lowest BCUT2D eigenvalue weighted by atomic mass is 9.82. The van der Waals surface area contributed by atoms with Gasteiger partial charge in [0.25, 0.3) is 11.8 Å². The number of nitrogens with zero attached hydrogens (tertiary/aromatic N) is 3. The smallest absolute Gasteiger partial charge is 0.266 e. The highest BCUT2D eigenvalue weighted by molar-refractivity contribution is 6.09. The van der Waals surface area contributed by atoms with Crippen molar-refractivity contribution in [3.8, 4) is 0 Å². The molecule has 0 radical (unpaired) electrons. The first-order chi connectivity index (χ1) is 20.8. The molecule has 0 saturated carbocycles. The molecule has 1 heterocycles. The molecule has 0 unspecified atom stereocenters. The van der Waals surface area contributed by atoms with E-state index in [-0.39, 0.29) is 18.1 Å². The number of carbonyl (C=O) groups excluding carboxylic acids is 2. The summed E-state index contributed by atoms with van der Waals surface area (Å²) < 4.78 is 65.2. The highest BCUT2D eigenvalue weighted by Crippen LogP contribution is 2.40. The molecule has 1 aliphatic heterocycles. The van der Waals surface area contributed by atoms with Crippen LogP contribution in [0, 0.1) is 17.5 Å². The molecule has 4 aromatic carbocycles. The Morgan fingerprint density at radius 2 is 1.46 bits per heavy atom. The Bertz CT molecular complexity index is 1680. The number of benzene rings is 4. The molecule has 6 nitrogen and oxygen atoms in total. The molecule has 4 aromatic rings. The van der Waals surface area contributed by atoms with Crippen molar-refractivity contribution in [2.75, 3.05) is 6.98 Å². The third-order valence-electron chi connectivity index (χ3n) is 7.11. The Kier molecular flexibility index (Phi) is 6.37. The molecule has 0 aliphatic carbocycles. The lowest BCUT2D eigenvalue weighted by molar-refractivity contribution is -0.130. The number of rotatable bonds is 7. The van der Waals surface area contributed by atoms with E-state index in [0.717, 1.165) is 4.90 Å². The molecular formula is C32H27F3N4O2. The van der Waals surface area contributed by atoms with Crippen LogP contribution >= 0.6 is 0 Å². The van der Waals surface area contributed by atoms with Crippen molar-refractivity contribution in [2.24, 2.45) is 10.7 Å². The second-order valence-electron chi connectivity index (χ2n) is 9.69. The Balaban J connectivity index is 1.47. The summed E-state index contributed by atoms with van der Waals surface area (Å²) in [5.74, 6) is -3.09. The van der Waals surface area contributed by atoms with Crippen LogP contribution < -0.4 is 5.73 Å². The number of halogens is 3. The van der Waals surface area contributed by atoms with Crippen LogP contribution in [0.25, 0.3) is 0 Å². The molecule has 1 aliphatic rings. The largest absolute Gasteiger partial charge is 0.369 e. The van der Waals surface area contributed by atoms with E-state index in [4.69, 9.17) is 9.85 Å². The minimum Gasteiger partial charge on any atom is -0.369 e. The Morgan fingerprint density at radius 3 is 2.00 bits per heavy atom. The Morgan fingerprint density at radius 1 is 0.927 bits per heavy atom. The zero-order chi connectivity index (χ0) is 31.8. The maximum absolute atomic E-state index is 14.1. The number of amides is 2. The standard InChI is InChI=1S/C32H27F3N4O2/c1-20(22-6-12-26(33)13-7-22)38(2)29(40)23-5-3-4-21(18-23)19-39-30(41)32(37-31(39)36,24-8-14-27(34)15-9-24)25-10-16-28(35)17-11-25/h3-18,20H,19H2,1-2H3,(H2,36,37)/t20-/m1/s1/i2D3. The van der Waals surface area contributed by atoms with Gasteiger partial charge in [0.05, 0.1) is 12.6 Å². The van der Waals surface area contributed by atoms with E-state index < -0.39 is 47.8 Å². The van der Waals surface area contributed by atoms with Gasteiger partial charge in [0.2, 0.25) is 0 Å². The first-order valence-corrected chi connectivity index (χ1v) is 12.7. The number of aliphatic imine (C=N–C) groups is 1. The molecular weight excluding hydrogens is 529 g/mol. The highest BCUT2D eigenvalue weighted by Gasteiger charge is 2.50. The van der Waals surface area contributed by atoms with E-state index in [2.05, 4.69) is 4.99 Å². The fraction of sp³-hybridized carbons (Fsp3) is 0.156. The third-order valence-corrected chi connectivity index (χ3v) is 7.11. The Hall–Kier alpha value is -4.92. The monoisotopic (exact) mass is 559 g/mol. The summed E-state index contributed by atoms with van der Waals surface area (Å²) in [7, 11) is 0. The van der Waals surface area contributed by atoms with Crippen molar-refractivity contribution in [3.63, 3.8) is 0 Å². The minimum absolute atomic E-state index is 0.0399. The molecule has 9 heteroatoms. The Labute approximate surface area is 239 Å². The minimum atomic E-state index is -2.83. The quantitative estimate of drug-likeness (QED) is 0.323. The van der Waals surface area contributed by atoms with Crippen molar-refractivity contribution in [1.29, 1.82) is 0 Å². The second kappa shape index (κ2) is 10.9. The molecule has 0 bridgehead atoms. The summed E-state index contributed by atoms with van der Waals surface area (Å²) in [6, 6.07) is 20.7. The van der Waals surface area contributed by atoms with Gasteiger partial charge < -0.3 is 10.6 Å². The van der Waals surface area contributed by atoms with Crippen LogP contribution in [0.1, 0.15) is 49.7 Å². The van der Waals surface area contributed by atoms with Crippen molar-refractivity contribution in [2.45, 2.75) is 25.0 Å². The number of hydrogen-bond acceptors (Lipinski definition) is 4. The number of nitrogens with two attached hydrogens (primary N) is 1. The average Bonchev–Trinajstić information content (AvgIpc) is 3.23. The normalized spacial score (nSPS) is 16.4. The van der Waals surface area contributed by atoms with Crippen LogP contribution in [0.5, 0.6) is 0 Å². The van der Waals surface area contributed by atoms with Crippen molar-refractivity contribution in [3.05, 3.63) is 142 Å². The topological polar surface area (TPSA) is 79.0 Å². The number of carbonyl (C=O) groups is 2. The van der Waals surface area contributed by atoms with Gasteiger partial charge in [0, 0.05) is 16.7 Å². The molecule has 2 amide bonds. The van der Waals surface area contributed by atoms with Crippen LogP contribution in [0.2, 0.25) is 0 Å². The summed E-state index contributed by atoms with van der Waals surface area (Å²) in [6.45, 7) is -1.43. The van der Waals surface area contributed by atoms with E-state index >= 15 is 0 Å². The van der Waals surface area contributed by atoms with Gasteiger partial charge in [-0.05, 0) is 77.7 Å². The van der Waals surface area contributed by atoms with Gasteiger partial charge in [0.15, 0.2) is 11.5 Å². The van der Waals surface area contributed by atoms with Crippen LogP contribution in [0.4, 0.5) is 13.2 Å². The molecule has 208 valence electrons. The van der Waals surface area contributed by atoms with Gasteiger partial charge in [-0.2, -0.15) is 0 Å². The van der Waals surface area contributed by atoms with Crippen LogP contribution in [0.3, 0.4) is 0 Å². The lowest BCUT2D eigenvalue weighted by Gasteiger charge is -2.27. The third kappa shape index (κ3) is 5.18. The van der Waals surface area contributed by atoms with Gasteiger partial charge in [-0.15, -0.1) is 0 Å². The summed E-state index contributed by atoms with van der Waals surface area (Å²) in [5, 5.41) is 0. The fourth-order valence-electron chi connectivity index (χ4n) is 4.85. The SMILES string of the molecule is [2H]C([2H])([2H])N(C(=O)c1cccc(CN2C(=O)C(c3ccc(F)cc3)(c3ccc(F)cc3)N=C2N)c1)[C@H](C)c1ccc(F)cc1. The maximum atomic E-state index is 14.1. The van der Waals surface area contributed by atoms with Gasteiger partial charge >= 0.3 is 0 Å². The van der Waals surface area contributed by atoms with Gasteiger partial charge in [-0.25, -0.2) is 18.2 Å². The van der Waals surface area contributed by atoms with Gasteiger partial charge in [0.1, 0.15) is 17.5 Å². The predicted molar refractivity (Wildman–Crippen MR) is 149 cm³/mol. The maximum Gasteiger partial charge on any atom is 0.266 e. The van der Waals surface area contributed by atoms with Crippen LogP contribution in [-0.2, 0) is 16.9 Å². The van der Waals surface area contributed by atoms with Crippen molar-refractivity contribution < 1.29 is 26.9 Å². The fourth-order valence-corrected chi connectivity index (χ4v) is 4.85. The zero-order valence-corrected chi connectivity index (χ0v) is 21.9.